The van der Waals surface area contributed by atoms with Crippen molar-refractivity contribution >= 4 is 39.9 Å². The van der Waals surface area contributed by atoms with Crippen molar-refractivity contribution in [3.05, 3.63) is 51.1 Å². The lowest BCUT2D eigenvalue weighted by Gasteiger charge is -2.19. The summed E-state index contributed by atoms with van der Waals surface area (Å²) in [4.78, 5) is 13.9. The summed E-state index contributed by atoms with van der Waals surface area (Å²) in [5.41, 5.74) is 5.58. The number of hydrogen-bond donors (Lipinski definition) is 3. The van der Waals surface area contributed by atoms with Gasteiger partial charge in [0.25, 0.3) is 5.91 Å². The van der Waals surface area contributed by atoms with Gasteiger partial charge in [-0.2, -0.15) is 0 Å². The Morgan fingerprint density at radius 3 is 2.77 bits per heavy atom. The topological polar surface area (TPSA) is 79.6 Å². The van der Waals surface area contributed by atoms with Crippen molar-refractivity contribution in [2.75, 3.05) is 31.8 Å². The number of rotatable bonds is 6. The lowest BCUT2D eigenvalue weighted by Crippen LogP contribution is -2.27. The molecule has 0 aliphatic carbocycles. The molecule has 0 aromatic heterocycles. The van der Waals surface area contributed by atoms with Gasteiger partial charge in [-0.25, -0.2) is 8.78 Å². The first kappa shape index (κ1) is 18.8. The first-order valence-corrected chi connectivity index (χ1v) is 8.93. The Morgan fingerprint density at radius 1 is 1.31 bits per heavy atom. The van der Waals surface area contributed by atoms with Crippen LogP contribution in [0.3, 0.4) is 0 Å². The fourth-order valence-electron chi connectivity index (χ4n) is 2.61. The van der Waals surface area contributed by atoms with Crippen LogP contribution in [0.2, 0.25) is 0 Å². The van der Waals surface area contributed by atoms with Crippen molar-refractivity contribution in [1.29, 1.82) is 0 Å². The quantitative estimate of drug-likeness (QED) is 0.562. The van der Waals surface area contributed by atoms with Crippen molar-refractivity contribution in [2.24, 2.45) is 5.73 Å². The molecule has 1 aliphatic heterocycles. The molecule has 0 bridgehead atoms. The molecule has 0 radical (unpaired) electrons. The fourth-order valence-corrected chi connectivity index (χ4v) is 3.06. The SMILES string of the molecule is NC(=O)c1c(Nc2ccc(I)cc2F)cc(F)cc1OCN1CCNC1. The van der Waals surface area contributed by atoms with Gasteiger partial charge in [-0.1, -0.05) is 0 Å². The van der Waals surface area contributed by atoms with Crippen LogP contribution in [0.1, 0.15) is 10.4 Å². The second-order valence-corrected chi connectivity index (χ2v) is 7.01. The summed E-state index contributed by atoms with van der Waals surface area (Å²) in [6, 6.07) is 6.70. The van der Waals surface area contributed by atoms with Crippen molar-refractivity contribution in [3.63, 3.8) is 0 Å². The summed E-state index contributed by atoms with van der Waals surface area (Å²) >= 11 is 1.98. The zero-order valence-electron chi connectivity index (χ0n) is 13.7. The van der Waals surface area contributed by atoms with Gasteiger partial charge in [-0.05, 0) is 46.9 Å². The van der Waals surface area contributed by atoms with Crippen molar-refractivity contribution in [2.45, 2.75) is 0 Å². The molecule has 1 amide bonds. The Hall–Kier alpha value is -1.98. The molecule has 1 heterocycles. The molecule has 4 N–H and O–H groups in total. The van der Waals surface area contributed by atoms with Crippen LogP contribution in [-0.2, 0) is 0 Å². The minimum Gasteiger partial charge on any atom is -0.477 e. The predicted molar refractivity (Wildman–Crippen MR) is 102 cm³/mol. The highest BCUT2D eigenvalue weighted by atomic mass is 127. The number of halogens is 3. The molecule has 1 saturated heterocycles. The average molecular weight is 474 g/mol. The zero-order valence-corrected chi connectivity index (χ0v) is 15.8. The number of primary amides is 1. The van der Waals surface area contributed by atoms with E-state index in [4.69, 9.17) is 10.5 Å². The maximum absolute atomic E-state index is 14.1. The van der Waals surface area contributed by atoms with E-state index in [2.05, 4.69) is 10.6 Å². The van der Waals surface area contributed by atoms with Gasteiger partial charge in [0, 0.05) is 22.7 Å². The Morgan fingerprint density at radius 2 is 2.12 bits per heavy atom. The van der Waals surface area contributed by atoms with Gasteiger partial charge in [0.2, 0.25) is 0 Å². The third-order valence-electron chi connectivity index (χ3n) is 3.86. The van der Waals surface area contributed by atoms with Crippen LogP contribution in [0.4, 0.5) is 20.2 Å². The number of carbonyl (C=O) groups is 1. The summed E-state index contributed by atoms with van der Waals surface area (Å²) in [5.74, 6) is -1.94. The minimum atomic E-state index is -0.798. The molecular weight excluding hydrogens is 457 g/mol. The molecule has 138 valence electrons. The summed E-state index contributed by atoms with van der Waals surface area (Å²) in [7, 11) is 0. The van der Waals surface area contributed by atoms with E-state index in [1.165, 1.54) is 12.1 Å². The molecule has 1 fully saturated rings. The number of nitrogens with zero attached hydrogens (tertiary/aromatic N) is 1. The maximum Gasteiger partial charge on any atom is 0.254 e. The number of carbonyl (C=O) groups excluding carboxylic acids is 1. The zero-order chi connectivity index (χ0) is 18.7. The number of ether oxygens (including phenoxy) is 1. The van der Waals surface area contributed by atoms with Gasteiger partial charge >= 0.3 is 0 Å². The van der Waals surface area contributed by atoms with E-state index in [-0.39, 0.29) is 29.4 Å². The Balaban J connectivity index is 1.91. The largest absolute Gasteiger partial charge is 0.477 e. The number of amides is 1. The molecule has 3 rings (SSSR count). The van der Waals surface area contributed by atoms with E-state index < -0.39 is 17.5 Å². The van der Waals surface area contributed by atoms with E-state index >= 15 is 0 Å². The first-order valence-electron chi connectivity index (χ1n) is 7.85. The highest BCUT2D eigenvalue weighted by Crippen LogP contribution is 2.31. The molecule has 2 aromatic rings. The van der Waals surface area contributed by atoms with Gasteiger partial charge < -0.3 is 21.1 Å². The Bertz CT molecular complexity index is 829. The second-order valence-electron chi connectivity index (χ2n) is 5.77. The first-order chi connectivity index (χ1) is 12.4. The van der Waals surface area contributed by atoms with E-state index in [0.29, 0.717) is 10.2 Å². The van der Waals surface area contributed by atoms with Gasteiger partial charge in [0.05, 0.1) is 18.0 Å². The lowest BCUT2D eigenvalue weighted by atomic mass is 10.1. The highest BCUT2D eigenvalue weighted by molar-refractivity contribution is 14.1. The molecule has 6 nitrogen and oxygen atoms in total. The molecule has 26 heavy (non-hydrogen) atoms. The lowest BCUT2D eigenvalue weighted by molar-refractivity contribution is 0.0990. The fraction of sp³-hybridized carbons (Fsp3) is 0.235. The number of hydrogen-bond acceptors (Lipinski definition) is 5. The van der Waals surface area contributed by atoms with Gasteiger partial charge in [-0.15, -0.1) is 0 Å². The predicted octanol–water partition coefficient (Wildman–Crippen LogP) is 2.61. The molecule has 0 saturated carbocycles. The smallest absolute Gasteiger partial charge is 0.254 e. The van der Waals surface area contributed by atoms with Crippen LogP contribution in [0.5, 0.6) is 5.75 Å². The molecule has 2 aromatic carbocycles. The number of anilines is 2. The van der Waals surface area contributed by atoms with Gasteiger partial charge in [-0.3, -0.25) is 9.69 Å². The molecule has 0 spiro atoms. The average Bonchev–Trinajstić information content (AvgIpc) is 3.08. The van der Waals surface area contributed by atoms with Crippen LogP contribution in [0, 0.1) is 15.2 Å². The van der Waals surface area contributed by atoms with E-state index in [0.717, 1.165) is 25.2 Å². The van der Waals surface area contributed by atoms with Crippen molar-refractivity contribution in [3.8, 4) is 5.75 Å². The monoisotopic (exact) mass is 474 g/mol. The summed E-state index contributed by atoms with van der Waals surface area (Å²) in [5, 5.41) is 5.87. The Labute approximate surface area is 162 Å². The molecule has 9 heteroatoms. The third kappa shape index (κ3) is 4.40. The van der Waals surface area contributed by atoms with Crippen molar-refractivity contribution < 1.29 is 18.3 Å². The molecular formula is C17H17F2IN4O2. The van der Waals surface area contributed by atoms with Gasteiger partial charge in [0.1, 0.15) is 29.7 Å². The van der Waals surface area contributed by atoms with Crippen LogP contribution in [-0.4, -0.2) is 37.3 Å². The van der Waals surface area contributed by atoms with Crippen LogP contribution in [0.15, 0.2) is 30.3 Å². The number of benzene rings is 2. The van der Waals surface area contributed by atoms with E-state index in [1.54, 1.807) is 6.07 Å². The number of nitrogens with two attached hydrogens (primary N) is 1. The Kier molecular flexibility index (Phi) is 5.89. The number of nitrogens with one attached hydrogen (secondary N) is 2. The van der Waals surface area contributed by atoms with E-state index in [9.17, 15) is 13.6 Å². The second kappa shape index (κ2) is 8.14. The third-order valence-corrected chi connectivity index (χ3v) is 4.53. The molecule has 0 unspecified atom stereocenters. The molecule has 0 atom stereocenters. The normalized spacial score (nSPS) is 14.4. The highest BCUT2D eigenvalue weighted by Gasteiger charge is 2.20. The standard InChI is InChI=1S/C17H17F2IN4O2/c18-10-5-14(23-13-2-1-11(20)7-12(13)19)16(17(21)25)15(6-10)26-9-24-4-3-22-8-24/h1-2,5-7,22-23H,3-4,8-9H2,(H2,21,25). The summed E-state index contributed by atoms with van der Waals surface area (Å²) < 4.78 is 34.5. The van der Waals surface area contributed by atoms with Crippen LogP contribution in [0.25, 0.3) is 0 Å². The van der Waals surface area contributed by atoms with Crippen LogP contribution < -0.4 is 21.1 Å². The van der Waals surface area contributed by atoms with Gasteiger partial charge in [0.15, 0.2) is 0 Å². The van der Waals surface area contributed by atoms with E-state index in [1.807, 2.05) is 27.5 Å². The minimum absolute atomic E-state index is 0.0119. The summed E-state index contributed by atoms with van der Waals surface area (Å²) in [6.07, 6.45) is 0. The van der Waals surface area contributed by atoms with Crippen molar-refractivity contribution in [1.82, 2.24) is 10.2 Å². The molecule has 1 aliphatic rings. The summed E-state index contributed by atoms with van der Waals surface area (Å²) in [6.45, 7) is 2.42. The van der Waals surface area contributed by atoms with Crippen LogP contribution >= 0.6 is 22.6 Å². The maximum atomic E-state index is 14.1.